The van der Waals surface area contributed by atoms with Gasteiger partial charge in [0.1, 0.15) is 5.02 Å². The fourth-order valence-corrected chi connectivity index (χ4v) is 1.78. The van der Waals surface area contributed by atoms with Gasteiger partial charge in [-0.2, -0.15) is 4.98 Å². The Morgan fingerprint density at radius 2 is 2.06 bits per heavy atom. The van der Waals surface area contributed by atoms with Gasteiger partial charge in [0.25, 0.3) is 0 Å². The van der Waals surface area contributed by atoms with E-state index in [2.05, 4.69) is 18.8 Å². The number of hydrogen-bond donors (Lipinski definition) is 0. The highest BCUT2D eigenvalue weighted by atomic mass is 35.5. The zero-order chi connectivity index (χ0) is 12.8. The Kier molecular flexibility index (Phi) is 5.56. The lowest BCUT2D eigenvalue weighted by Gasteiger charge is -2.11. The number of methoxy groups -OCH3 is 1. The lowest BCUT2D eigenvalue weighted by Crippen LogP contribution is -2.03. The van der Waals surface area contributed by atoms with Gasteiger partial charge in [-0.3, -0.25) is 0 Å². The Bertz CT molecular complexity index is 367. The van der Waals surface area contributed by atoms with Crippen LogP contribution < -0.4 is 9.47 Å². The number of pyridine rings is 1. The summed E-state index contributed by atoms with van der Waals surface area (Å²) in [6, 6.07) is 1.81. The topological polar surface area (TPSA) is 31.4 Å². The van der Waals surface area contributed by atoms with Crippen LogP contribution in [0.25, 0.3) is 0 Å². The molecular weight excluding hydrogens is 238 g/mol. The molecule has 0 bridgehead atoms. The number of rotatable bonds is 6. The fraction of sp³-hybridized carbons (Fsp3) is 0.615. The standard InChI is InChI=1S/C13H20ClNO2/c1-9(2)6-5-7-17-12-10(3)8-11(14)13(15-12)16-4/h8-9H,5-7H2,1-4H3. The van der Waals surface area contributed by atoms with E-state index in [4.69, 9.17) is 21.1 Å². The summed E-state index contributed by atoms with van der Waals surface area (Å²) in [5.41, 5.74) is 0.931. The molecule has 0 radical (unpaired) electrons. The largest absolute Gasteiger partial charge is 0.480 e. The highest BCUT2D eigenvalue weighted by molar-refractivity contribution is 6.31. The van der Waals surface area contributed by atoms with Crippen molar-refractivity contribution < 1.29 is 9.47 Å². The van der Waals surface area contributed by atoms with Crippen LogP contribution in [-0.2, 0) is 0 Å². The molecule has 3 nitrogen and oxygen atoms in total. The van der Waals surface area contributed by atoms with Crippen LogP contribution in [0.5, 0.6) is 11.8 Å². The molecule has 0 aromatic carbocycles. The maximum atomic E-state index is 5.96. The molecule has 0 unspecified atom stereocenters. The van der Waals surface area contributed by atoms with E-state index < -0.39 is 0 Å². The minimum Gasteiger partial charge on any atom is -0.480 e. The van der Waals surface area contributed by atoms with E-state index in [0.717, 1.165) is 18.4 Å². The van der Waals surface area contributed by atoms with Crippen molar-refractivity contribution in [2.24, 2.45) is 5.92 Å². The van der Waals surface area contributed by atoms with Crippen molar-refractivity contribution in [3.05, 3.63) is 16.7 Å². The SMILES string of the molecule is COc1nc(OCCCC(C)C)c(C)cc1Cl. The van der Waals surface area contributed by atoms with Gasteiger partial charge in [0.15, 0.2) is 0 Å². The van der Waals surface area contributed by atoms with Crippen LogP contribution in [0.4, 0.5) is 0 Å². The first-order valence-corrected chi connectivity index (χ1v) is 6.26. The molecular formula is C13H20ClNO2. The summed E-state index contributed by atoms with van der Waals surface area (Å²) in [4.78, 5) is 4.23. The van der Waals surface area contributed by atoms with Crippen LogP contribution >= 0.6 is 11.6 Å². The van der Waals surface area contributed by atoms with Crippen molar-refractivity contribution >= 4 is 11.6 Å². The highest BCUT2D eigenvalue weighted by Gasteiger charge is 2.09. The van der Waals surface area contributed by atoms with Gasteiger partial charge < -0.3 is 9.47 Å². The molecule has 0 saturated heterocycles. The van der Waals surface area contributed by atoms with Crippen LogP contribution in [0.2, 0.25) is 5.02 Å². The predicted octanol–water partition coefficient (Wildman–Crippen LogP) is 3.87. The van der Waals surface area contributed by atoms with E-state index in [-0.39, 0.29) is 0 Å². The molecule has 0 fully saturated rings. The van der Waals surface area contributed by atoms with Gasteiger partial charge in [-0.05, 0) is 31.7 Å². The van der Waals surface area contributed by atoms with Crippen LogP contribution in [-0.4, -0.2) is 18.7 Å². The summed E-state index contributed by atoms with van der Waals surface area (Å²) in [6.45, 7) is 7.01. The molecule has 0 spiro atoms. The minimum atomic E-state index is 0.413. The average molecular weight is 258 g/mol. The molecule has 1 heterocycles. The number of aryl methyl sites for hydroxylation is 1. The van der Waals surface area contributed by atoms with Crippen molar-refractivity contribution in [1.29, 1.82) is 0 Å². The molecule has 0 atom stereocenters. The molecule has 4 heteroatoms. The van der Waals surface area contributed by atoms with Crippen molar-refractivity contribution in [3.63, 3.8) is 0 Å². The van der Waals surface area contributed by atoms with Gasteiger partial charge in [-0.1, -0.05) is 25.4 Å². The second kappa shape index (κ2) is 6.70. The van der Waals surface area contributed by atoms with Gasteiger partial charge in [0.2, 0.25) is 11.8 Å². The van der Waals surface area contributed by atoms with Crippen LogP contribution in [0.15, 0.2) is 6.07 Å². The lowest BCUT2D eigenvalue weighted by molar-refractivity contribution is 0.279. The van der Waals surface area contributed by atoms with Gasteiger partial charge in [-0.15, -0.1) is 0 Å². The predicted molar refractivity (Wildman–Crippen MR) is 70.1 cm³/mol. The number of halogens is 1. The molecule has 0 N–H and O–H groups in total. The zero-order valence-electron chi connectivity index (χ0n) is 10.9. The Morgan fingerprint density at radius 1 is 1.35 bits per heavy atom. The maximum absolute atomic E-state index is 5.96. The molecule has 0 aliphatic heterocycles. The Morgan fingerprint density at radius 3 is 2.65 bits per heavy atom. The van der Waals surface area contributed by atoms with Gasteiger partial charge in [-0.25, -0.2) is 0 Å². The number of ether oxygens (including phenoxy) is 2. The molecule has 0 saturated carbocycles. The Balaban J connectivity index is 2.58. The average Bonchev–Trinajstić information content (AvgIpc) is 2.26. The quantitative estimate of drug-likeness (QED) is 0.725. The number of nitrogens with zero attached hydrogens (tertiary/aromatic N) is 1. The monoisotopic (exact) mass is 257 g/mol. The molecule has 0 aliphatic rings. The minimum absolute atomic E-state index is 0.413. The zero-order valence-corrected chi connectivity index (χ0v) is 11.7. The van der Waals surface area contributed by atoms with E-state index in [1.54, 1.807) is 7.11 Å². The first-order chi connectivity index (χ1) is 8.04. The third-order valence-corrected chi connectivity index (χ3v) is 2.72. The third-order valence-electron chi connectivity index (χ3n) is 2.45. The first kappa shape index (κ1) is 14.1. The summed E-state index contributed by atoms with van der Waals surface area (Å²) in [7, 11) is 1.55. The summed E-state index contributed by atoms with van der Waals surface area (Å²) >= 11 is 5.96. The normalized spacial score (nSPS) is 10.7. The van der Waals surface area contributed by atoms with Crippen molar-refractivity contribution in [1.82, 2.24) is 4.98 Å². The van der Waals surface area contributed by atoms with Gasteiger partial charge in [0.05, 0.1) is 13.7 Å². The smallest absolute Gasteiger partial charge is 0.235 e. The summed E-state index contributed by atoms with van der Waals surface area (Å²) in [5.74, 6) is 1.72. The number of hydrogen-bond acceptors (Lipinski definition) is 3. The summed E-state index contributed by atoms with van der Waals surface area (Å²) < 4.78 is 10.7. The van der Waals surface area contributed by atoms with Gasteiger partial charge in [0, 0.05) is 5.56 Å². The van der Waals surface area contributed by atoms with Gasteiger partial charge >= 0.3 is 0 Å². The summed E-state index contributed by atoms with van der Waals surface area (Å²) in [6.07, 6.45) is 2.19. The van der Waals surface area contributed by atoms with Crippen LogP contribution in [0.3, 0.4) is 0 Å². The maximum Gasteiger partial charge on any atom is 0.235 e. The lowest BCUT2D eigenvalue weighted by atomic mass is 10.1. The van der Waals surface area contributed by atoms with Crippen molar-refractivity contribution in [2.75, 3.05) is 13.7 Å². The molecule has 1 rings (SSSR count). The number of aromatic nitrogens is 1. The molecule has 0 amide bonds. The highest BCUT2D eigenvalue weighted by Crippen LogP contribution is 2.28. The van der Waals surface area contributed by atoms with Crippen LogP contribution in [0, 0.1) is 12.8 Å². The van der Waals surface area contributed by atoms with E-state index >= 15 is 0 Å². The Labute approximate surface area is 108 Å². The van der Waals surface area contributed by atoms with E-state index in [1.165, 1.54) is 0 Å². The second-order valence-electron chi connectivity index (χ2n) is 4.49. The van der Waals surface area contributed by atoms with E-state index in [1.807, 2.05) is 13.0 Å². The van der Waals surface area contributed by atoms with Crippen molar-refractivity contribution in [2.45, 2.75) is 33.6 Å². The Hall–Kier alpha value is -0.960. The molecule has 1 aromatic heterocycles. The molecule has 0 aliphatic carbocycles. The summed E-state index contributed by atoms with van der Waals surface area (Å²) in [5, 5.41) is 0.513. The molecule has 96 valence electrons. The van der Waals surface area contributed by atoms with Crippen molar-refractivity contribution in [3.8, 4) is 11.8 Å². The van der Waals surface area contributed by atoms with Crippen LogP contribution in [0.1, 0.15) is 32.3 Å². The second-order valence-corrected chi connectivity index (χ2v) is 4.89. The third kappa shape index (κ3) is 4.43. The van der Waals surface area contributed by atoms with E-state index in [9.17, 15) is 0 Å². The first-order valence-electron chi connectivity index (χ1n) is 5.88. The van der Waals surface area contributed by atoms with E-state index in [0.29, 0.717) is 29.3 Å². The molecule has 1 aromatic rings. The molecule has 17 heavy (non-hydrogen) atoms. The fourth-order valence-electron chi connectivity index (χ4n) is 1.50.